The molecule has 2 aliphatic rings. The summed E-state index contributed by atoms with van der Waals surface area (Å²) in [6.07, 6.45) is 9.44. The van der Waals surface area contributed by atoms with Crippen LogP contribution < -0.4 is 10.6 Å². The smallest absolute Gasteiger partial charge is 0.247 e. The number of rotatable bonds is 7. The van der Waals surface area contributed by atoms with Gasteiger partial charge in [-0.15, -0.1) is 0 Å². The summed E-state index contributed by atoms with van der Waals surface area (Å²) in [5.74, 6) is 1.23. The van der Waals surface area contributed by atoms with Crippen molar-refractivity contribution in [3.8, 4) is 11.3 Å². The average Bonchev–Trinajstić information content (AvgIpc) is 3.53. The summed E-state index contributed by atoms with van der Waals surface area (Å²) in [4.78, 5) is 22.0. The van der Waals surface area contributed by atoms with Crippen LogP contribution in [0.15, 0.2) is 54.3 Å². The van der Waals surface area contributed by atoms with E-state index in [1.807, 2.05) is 53.1 Å². The number of nitrogens with zero attached hydrogens (tertiary/aromatic N) is 3. The van der Waals surface area contributed by atoms with E-state index < -0.39 is 0 Å². The minimum absolute atomic E-state index is 0.0553. The van der Waals surface area contributed by atoms with E-state index in [4.69, 9.17) is 16.6 Å². The molecular formula is C26H28ClN5O. The fourth-order valence-corrected chi connectivity index (χ4v) is 4.33. The first kappa shape index (κ1) is 21.7. The third-order valence-corrected chi connectivity index (χ3v) is 6.34. The first-order chi connectivity index (χ1) is 16.0. The second-order valence-electron chi connectivity index (χ2n) is 9.17. The Bertz CT molecular complexity index is 1250. The van der Waals surface area contributed by atoms with Gasteiger partial charge in [0.25, 0.3) is 0 Å². The van der Waals surface area contributed by atoms with E-state index >= 15 is 0 Å². The van der Waals surface area contributed by atoms with Crippen molar-refractivity contribution in [2.45, 2.75) is 45.6 Å². The van der Waals surface area contributed by atoms with Gasteiger partial charge in [0.15, 0.2) is 11.5 Å². The van der Waals surface area contributed by atoms with E-state index in [0.29, 0.717) is 34.9 Å². The highest BCUT2D eigenvalue weighted by atomic mass is 35.5. The van der Waals surface area contributed by atoms with Gasteiger partial charge < -0.3 is 10.6 Å². The van der Waals surface area contributed by atoms with Gasteiger partial charge in [-0.05, 0) is 37.2 Å². The molecule has 0 saturated heterocycles. The van der Waals surface area contributed by atoms with Crippen LogP contribution >= 0.6 is 11.6 Å². The van der Waals surface area contributed by atoms with Gasteiger partial charge in [-0.3, -0.25) is 9.20 Å². The number of halogens is 1. The van der Waals surface area contributed by atoms with Gasteiger partial charge in [0.1, 0.15) is 10.8 Å². The van der Waals surface area contributed by atoms with Crippen molar-refractivity contribution in [1.82, 2.24) is 19.7 Å². The van der Waals surface area contributed by atoms with Crippen LogP contribution in [0.25, 0.3) is 22.5 Å². The molecular weight excluding hydrogens is 434 g/mol. The van der Waals surface area contributed by atoms with Gasteiger partial charge in [0.05, 0.1) is 11.9 Å². The topological polar surface area (TPSA) is 71.3 Å². The Balaban J connectivity index is 1.57. The predicted octanol–water partition coefficient (Wildman–Crippen LogP) is 5.50. The van der Waals surface area contributed by atoms with E-state index in [1.54, 1.807) is 0 Å². The highest BCUT2D eigenvalue weighted by Crippen LogP contribution is 2.35. The Labute approximate surface area is 198 Å². The number of hydrogen-bond acceptors (Lipinski definition) is 4. The Morgan fingerprint density at radius 3 is 2.64 bits per heavy atom. The van der Waals surface area contributed by atoms with Gasteiger partial charge in [0.2, 0.25) is 5.91 Å². The van der Waals surface area contributed by atoms with Gasteiger partial charge in [-0.1, -0.05) is 67.9 Å². The molecule has 1 fully saturated rings. The van der Waals surface area contributed by atoms with E-state index in [0.717, 1.165) is 54.0 Å². The number of carbonyl (C=O) groups is 1. The van der Waals surface area contributed by atoms with Crippen molar-refractivity contribution in [2.24, 2.45) is 5.92 Å². The minimum Gasteiger partial charge on any atom is -0.367 e. The van der Waals surface area contributed by atoms with Crippen molar-refractivity contribution >= 4 is 34.5 Å². The zero-order valence-electron chi connectivity index (χ0n) is 18.9. The molecule has 6 nitrogen and oxygen atoms in total. The number of nitrogens with one attached hydrogen (secondary N) is 2. The van der Waals surface area contributed by atoms with Crippen LogP contribution in [-0.2, 0) is 4.79 Å². The van der Waals surface area contributed by atoms with Gasteiger partial charge in [-0.2, -0.15) is 0 Å². The average molecular weight is 462 g/mol. The second-order valence-corrected chi connectivity index (χ2v) is 9.53. The Kier molecular flexibility index (Phi) is 5.94. The molecule has 1 saturated carbocycles. The lowest BCUT2D eigenvalue weighted by Gasteiger charge is -2.17. The third-order valence-electron chi connectivity index (χ3n) is 6.00. The number of allylic oxidation sites excluding steroid dienone is 3. The summed E-state index contributed by atoms with van der Waals surface area (Å²) in [6, 6.07) is 10.3. The highest BCUT2D eigenvalue weighted by Gasteiger charge is 2.26. The number of benzene rings is 1. The van der Waals surface area contributed by atoms with Gasteiger partial charge in [0, 0.05) is 23.7 Å². The van der Waals surface area contributed by atoms with Crippen molar-refractivity contribution in [1.29, 1.82) is 0 Å². The van der Waals surface area contributed by atoms with Gasteiger partial charge in [-0.25, -0.2) is 9.97 Å². The molecule has 2 aromatic heterocycles. The Morgan fingerprint density at radius 2 is 1.97 bits per heavy atom. The maximum absolute atomic E-state index is 12.4. The van der Waals surface area contributed by atoms with Crippen molar-refractivity contribution in [2.75, 3.05) is 11.9 Å². The maximum atomic E-state index is 12.4. The summed E-state index contributed by atoms with van der Waals surface area (Å²) in [5.41, 5.74) is 5.24. The summed E-state index contributed by atoms with van der Waals surface area (Å²) >= 11 is 6.95. The van der Waals surface area contributed by atoms with Crippen molar-refractivity contribution in [3.63, 3.8) is 0 Å². The molecule has 2 N–H and O–H groups in total. The summed E-state index contributed by atoms with van der Waals surface area (Å²) in [7, 11) is 0. The normalized spacial score (nSPS) is 16.0. The van der Waals surface area contributed by atoms with Crippen LogP contribution in [0.1, 0.15) is 45.2 Å². The first-order valence-electron chi connectivity index (χ1n) is 11.6. The van der Waals surface area contributed by atoms with Crippen LogP contribution in [0.5, 0.6) is 0 Å². The first-order valence-corrected chi connectivity index (χ1v) is 12.0. The van der Waals surface area contributed by atoms with Crippen LogP contribution in [0.3, 0.4) is 0 Å². The Morgan fingerprint density at radius 1 is 1.18 bits per heavy atom. The molecule has 0 aliphatic heterocycles. The summed E-state index contributed by atoms with van der Waals surface area (Å²) in [5, 5.41) is 7.05. The van der Waals surface area contributed by atoms with Gasteiger partial charge >= 0.3 is 0 Å². The summed E-state index contributed by atoms with van der Waals surface area (Å²) < 4.78 is 1.98. The molecule has 0 bridgehead atoms. The number of aromatic nitrogens is 3. The molecule has 170 valence electrons. The molecule has 0 unspecified atom stereocenters. The number of fused-ring (bicyclic) bond motifs is 1. The molecule has 33 heavy (non-hydrogen) atoms. The largest absolute Gasteiger partial charge is 0.367 e. The van der Waals surface area contributed by atoms with Crippen molar-refractivity contribution in [3.05, 3.63) is 65.1 Å². The van der Waals surface area contributed by atoms with E-state index in [2.05, 4.69) is 29.5 Å². The fraction of sp³-hybridized carbons (Fsp3) is 0.346. The molecule has 7 heteroatoms. The fourth-order valence-electron chi connectivity index (χ4n) is 4.00. The van der Waals surface area contributed by atoms with E-state index in [9.17, 15) is 4.79 Å². The maximum Gasteiger partial charge on any atom is 0.247 e. The zero-order valence-corrected chi connectivity index (χ0v) is 19.7. The van der Waals surface area contributed by atoms with E-state index in [1.165, 1.54) is 0 Å². The van der Waals surface area contributed by atoms with Crippen LogP contribution in [0.4, 0.5) is 5.82 Å². The number of anilines is 1. The summed E-state index contributed by atoms with van der Waals surface area (Å²) in [6.45, 7) is 5.10. The number of imidazole rings is 1. The monoisotopic (exact) mass is 461 g/mol. The number of hydrogen-bond donors (Lipinski definition) is 2. The molecule has 2 aliphatic carbocycles. The lowest BCUT2D eigenvalue weighted by atomic mass is 9.96. The second kappa shape index (κ2) is 9.02. The molecule has 3 aromatic rings. The molecule has 2 heterocycles. The SMILES string of the molecule is CC(C)CNc1nc(-c2ccccc2)c(Cl)n2c(C3=CC=C(C(=O)NC4CC4)CC3)cnc12. The number of carbonyl (C=O) groups excluding carboxylic acids is 1. The molecule has 0 spiro atoms. The van der Waals surface area contributed by atoms with Crippen LogP contribution in [0, 0.1) is 5.92 Å². The zero-order chi connectivity index (χ0) is 22.9. The highest BCUT2D eigenvalue weighted by molar-refractivity contribution is 6.32. The predicted molar refractivity (Wildman–Crippen MR) is 133 cm³/mol. The standard InChI is InChI=1S/C26H28ClN5O/c1-16(2)14-28-24-25-29-15-21(17-8-10-19(11-9-17)26(33)30-20-12-13-20)32(25)23(27)22(31-24)18-6-4-3-5-7-18/h3-8,10,15-16,20H,9,11-14H2,1-2H3,(H,28,31)(H,30,33). The minimum atomic E-state index is 0.0553. The number of amides is 1. The lowest BCUT2D eigenvalue weighted by Crippen LogP contribution is -2.27. The van der Waals surface area contributed by atoms with Crippen molar-refractivity contribution < 1.29 is 4.79 Å². The molecule has 1 aromatic carbocycles. The quantitative estimate of drug-likeness (QED) is 0.487. The molecule has 0 atom stereocenters. The van der Waals surface area contributed by atoms with Crippen LogP contribution in [-0.4, -0.2) is 32.9 Å². The lowest BCUT2D eigenvalue weighted by molar-refractivity contribution is -0.117. The Hall–Kier alpha value is -3.12. The van der Waals surface area contributed by atoms with Crippen LogP contribution in [0.2, 0.25) is 5.15 Å². The molecule has 5 rings (SSSR count). The molecule has 1 amide bonds. The molecule has 0 radical (unpaired) electrons. The van der Waals surface area contributed by atoms with E-state index in [-0.39, 0.29) is 5.91 Å². The third kappa shape index (κ3) is 4.53.